The standard InChI is InChI=1S/C17H17N3O4/c1-8(2)9-4-5-12-10(6-9)15(21)14-13(24-12)7-11(16(18)22)17(19-14)20-23-3/h4-8H,1-3H3,(H2,18,22)(H,19,20). The van der Waals surface area contributed by atoms with Crippen molar-refractivity contribution in [3.8, 4) is 0 Å². The highest BCUT2D eigenvalue weighted by molar-refractivity contribution is 6.01. The van der Waals surface area contributed by atoms with Gasteiger partial charge in [0.25, 0.3) is 5.91 Å². The Hall–Kier alpha value is -2.93. The minimum atomic E-state index is -0.707. The Balaban J connectivity index is 2.37. The molecular weight excluding hydrogens is 310 g/mol. The van der Waals surface area contributed by atoms with Crippen molar-refractivity contribution in [2.24, 2.45) is 5.73 Å². The first-order valence-corrected chi connectivity index (χ1v) is 7.42. The second kappa shape index (κ2) is 5.93. The molecule has 1 amide bonds. The van der Waals surface area contributed by atoms with Crippen molar-refractivity contribution < 1.29 is 14.0 Å². The van der Waals surface area contributed by atoms with Gasteiger partial charge in [0.15, 0.2) is 16.9 Å². The van der Waals surface area contributed by atoms with Gasteiger partial charge in [-0.1, -0.05) is 19.9 Å². The summed E-state index contributed by atoms with van der Waals surface area (Å²) in [5.74, 6) is -0.355. The Bertz CT molecular complexity index is 1010. The Kier molecular flexibility index (Phi) is 3.94. The number of nitrogens with one attached hydrogen (secondary N) is 1. The number of primary amides is 1. The maximum Gasteiger partial charge on any atom is 0.252 e. The minimum Gasteiger partial charge on any atom is -0.454 e. The van der Waals surface area contributed by atoms with Gasteiger partial charge in [-0.2, -0.15) is 0 Å². The average Bonchev–Trinajstić information content (AvgIpc) is 2.55. The van der Waals surface area contributed by atoms with Crippen LogP contribution in [0.1, 0.15) is 35.7 Å². The maximum atomic E-state index is 12.8. The second-order valence-electron chi connectivity index (χ2n) is 5.74. The number of fused-ring (bicyclic) bond motifs is 2. The number of anilines is 1. The zero-order valence-corrected chi connectivity index (χ0v) is 13.5. The molecule has 24 heavy (non-hydrogen) atoms. The zero-order valence-electron chi connectivity index (χ0n) is 13.5. The van der Waals surface area contributed by atoms with Crippen LogP contribution in [0.15, 0.2) is 33.5 Å². The SMILES string of the molecule is CONc1nc2c(=O)c3cc(C(C)C)ccc3oc2cc1C(N)=O. The van der Waals surface area contributed by atoms with E-state index in [4.69, 9.17) is 15.0 Å². The number of benzene rings is 1. The molecule has 3 N–H and O–H groups in total. The number of nitrogens with two attached hydrogens (primary N) is 1. The van der Waals surface area contributed by atoms with Gasteiger partial charge in [-0.05, 0) is 29.7 Å². The number of nitrogens with zero attached hydrogens (tertiary/aromatic N) is 1. The highest BCUT2D eigenvalue weighted by Gasteiger charge is 2.17. The van der Waals surface area contributed by atoms with Crippen LogP contribution < -0.4 is 16.6 Å². The first-order valence-electron chi connectivity index (χ1n) is 7.42. The molecule has 0 saturated heterocycles. The molecule has 0 unspecified atom stereocenters. The van der Waals surface area contributed by atoms with Gasteiger partial charge in [-0.15, -0.1) is 0 Å². The fourth-order valence-electron chi connectivity index (χ4n) is 2.52. The first-order chi connectivity index (χ1) is 11.4. The third-order valence-electron chi connectivity index (χ3n) is 3.80. The maximum absolute atomic E-state index is 12.8. The van der Waals surface area contributed by atoms with Crippen LogP contribution in [0.2, 0.25) is 0 Å². The normalized spacial score (nSPS) is 11.3. The molecule has 0 radical (unpaired) electrons. The van der Waals surface area contributed by atoms with Gasteiger partial charge in [0.2, 0.25) is 5.43 Å². The van der Waals surface area contributed by atoms with Crippen LogP contribution in [0.25, 0.3) is 22.1 Å². The molecule has 0 fully saturated rings. The molecule has 0 atom stereocenters. The molecule has 3 aromatic rings. The van der Waals surface area contributed by atoms with Gasteiger partial charge in [0, 0.05) is 0 Å². The minimum absolute atomic E-state index is 0.0733. The van der Waals surface area contributed by atoms with Crippen molar-refractivity contribution in [2.45, 2.75) is 19.8 Å². The van der Waals surface area contributed by atoms with E-state index in [0.29, 0.717) is 11.0 Å². The molecule has 0 spiro atoms. The monoisotopic (exact) mass is 327 g/mol. The molecule has 0 saturated carbocycles. The Morgan fingerprint density at radius 3 is 2.67 bits per heavy atom. The molecule has 124 valence electrons. The lowest BCUT2D eigenvalue weighted by Crippen LogP contribution is -2.17. The molecular formula is C17H17N3O4. The fourth-order valence-corrected chi connectivity index (χ4v) is 2.52. The summed E-state index contributed by atoms with van der Waals surface area (Å²) >= 11 is 0. The van der Waals surface area contributed by atoms with E-state index in [9.17, 15) is 9.59 Å². The summed E-state index contributed by atoms with van der Waals surface area (Å²) in [4.78, 5) is 33.3. The van der Waals surface area contributed by atoms with Crippen LogP contribution in [-0.2, 0) is 4.84 Å². The number of aromatic nitrogens is 1. The molecule has 7 heteroatoms. The lowest BCUT2D eigenvalue weighted by molar-refractivity contribution is 0.1000. The predicted molar refractivity (Wildman–Crippen MR) is 91.0 cm³/mol. The number of amides is 1. The van der Waals surface area contributed by atoms with Gasteiger partial charge in [0.1, 0.15) is 5.58 Å². The number of pyridine rings is 1. The van der Waals surface area contributed by atoms with Crippen molar-refractivity contribution in [3.63, 3.8) is 0 Å². The van der Waals surface area contributed by atoms with Crippen molar-refractivity contribution in [2.75, 3.05) is 12.6 Å². The number of rotatable bonds is 4. The lowest BCUT2D eigenvalue weighted by atomic mass is 10.0. The van der Waals surface area contributed by atoms with E-state index in [1.165, 1.54) is 13.2 Å². The number of hydrogen-bond donors (Lipinski definition) is 2. The van der Waals surface area contributed by atoms with Crippen LogP contribution in [0.5, 0.6) is 0 Å². The van der Waals surface area contributed by atoms with E-state index < -0.39 is 5.91 Å². The summed E-state index contributed by atoms with van der Waals surface area (Å²) in [5, 5.41) is 0.441. The van der Waals surface area contributed by atoms with Crippen LogP contribution in [-0.4, -0.2) is 18.0 Å². The highest BCUT2D eigenvalue weighted by atomic mass is 16.6. The molecule has 0 aliphatic carbocycles. The first kappa shape index (κ1) is 15.9. The topological polar surface area (TPSA) is 107 Å². The van der Waals surface area contributed by atoms with Gasteiger partial charge in [-0.3, -0.25) is 14.4 Å². The molecule has 2 heterocycles. The van der Waals surface area contributed by atoms with E-state index in [-0.39, 0.29) is 33.8 Å². The van der Waals surface area contributed by atoms with Crippen molar-refractivity contribution in [1.82, 2.24) is 4.98 Å². The second-order valence-corrected chi connectivity index (χ2v) is 5.74. The van der Waals surface area contributed by atoms with Crippen LogP contribution >= 0.6 is 0 Å². The molecule has 0 bridgehead atoms. The molecule has 2 aromatic heterocycles. The number of hydrogen-bond acceptors (Lipinski definition) is 6. The van der Waals surface area contributed by atoms with Gasteiger partial charge >= 0.3 is 0 Å². The predicted octanol–water partition coefficient (Wildman–Crippen LogP) is 2.54. The van der Waals surface area contributed by atoms with Crippen LogP contribution in [0.3, 0.4) is 0 Å². The quantitative estimate of drug-likeness (QED) is 0.563. The third-order valence-corrected chi connectivity index (χ3v) is 3.80. The summed E-state index contributed by atoms with van der Waals surface area (Å²) in [6, 6.07) is 6.85. The van der Waals surface area contributed by atoms with Crippen molar-refractivity contribution in [1.29, 1.82) is 0 Å². The number of carbonyl (C=O) groups excluding carboxylic acids is 1. The summed E-state index contributed by atoms with van der Waals surface area (Å²) in [6.45, 7) is 4.09. The number of carbonyl (C=O) groups is 1. The highest BCUT2D eigenvalue weighted by Crippen LogP contribution is 2.25. The molecule has 7 nitrogen and oxygen atoms in total. The van der Waals surface area contributed by atoms with Crippen molar-refractivity contribution in [3.05, 3.63) is 45.6 Å². The van der Waals surface area contributed by atoms with Gasteiger partial charge in [0.05, 0.1) is 18.1 Å². The van der Waals surface area contributed by atoms with E-state index in [2.05, 4.69) is 10.5 Å². The summed E-state index contributed by atoms with van der Waals surface area (Å²) in [7, 11) is 1.37. The van der Waals surface area contributed by atoms with Crippen LogP contribution in [0, 0.1) is 0 Å². The van der Waals surface area contributed by atoms with E-state index in [1.54, 1.807) is 12.1 Å². The fraction of sp³-hybridized carbons (Fsp3) is 0.235. The summed E-state index contributed by atoms with van der Waals surface area (Å²) < 4.78 is 5.75. The zero-order chi connectivity index (χ0) is 17.4. The van der Waals surface area contributed by atoms with Crippen molar-refractivity contribution >= 4 is 33.8 Å². The average molecular weight is 327 g/mol. The third kappa shape index (κ3) is 2.59. The van der Waals surface area contributed by atoms with E-state index in [0.717, 1.165) is 5.56 Å². The van der Waals surface area contributed by atoms with Gasteiger partial charge < -0.3 is 10.2 Å². The largest absolute Gasteiger partial charge is 0.454 e. The Labute approximate surface area is 137 Å². The summed E-state index contributed by atoms with van der Waals surface area (Å²) in [5.41, 5.74) is 9.37. The molecule has 3 rings (SSSR count). The van der Waals surface area contributed by atoms with E-state index >= 15 is 0 Å². The lowest BCUT2D eigenvalue weighted by Gasteiger charge is -2.10. The van der Waals surface area contributed by atoms with E-state index in [1.807, 2.05) is 19.9 Å². The molecule has 0 aliphatic heterocycles. The Morgan fingerprint density at radius 1 is 1.29 bits per heavy atom. The summed E-state index contributed by atoms with van der Waals surface area (Å²) in [6.07, 6.45) is 0. The van der Waals surface area contributed by atoms with Crippen LogP contribution in [0.4, 0.5) is 5.82 Å². The Morgan fingerprint density at radius 2 is 2.04 bits per heavy atom. The molecule has 0 aliphatic rings. The molecule has 1 aromatic carbocycles. The van der Waals surface area contributed by atoms with Gasteiger partial charge in [-0.25, -0.2) is 10.5 Å². The smallest absolute Gasteiger partial charge is 0.252 e.